The van der Waals surface area contributed by atoms with Crippen molar-refractivity contribution in [3.05, 3.63) is 24.7 Å². The average Bonchev–Trinajstić information content (AvgIpc) is 3.43. The Kier molecular flexibility index (Phi) is 67.4. The van der Waals surface area contributed by atoms with Crippen LogP contribution in [0.3, 0.4) is 0 Å². The number of phosphoric ester groups is 1. The number of unbranched alkanes of at least 4 members (excludes halogenated alkanes) is 38. The van der Waals surface area contributed by atoms with Gasteiger partial charge in [-0.2, -0.15) is 0 Å². The smallest absolute Gasteiger partial charge is 0.314 e. The second-order valence-corrected chi connectivity index (χ2v) is 20.3. The maximum absolute atomic E-state index is 12.0. The summed E-state index contributed by atoms with van der Waals surface area (Å²) in [6.45, 7) is 4.29. The maximum atomic E-state index is 12.0. The van der Waals surface area contributed by atoms with Gasteiger partial charge in [0.1, 0.15) is 12.5 Å². The van der Waals surface area contributed by atoms with Crippen molar-refractivity contribution in [1.82, 2.24) is 0 Å². The summed E-state index contributed by atoms with van der Waals surface area (Å²) in [6, 6.07) is 0. The lowest BCUT2D eigenvalue weighted by Crippen LogP contribution is -2.05. The molecule has 0 aliphatic heterocycles. The molecule has 0 saturated heterocycles. The number of hydrogen-bond acceptors (Lipinski definition) is 23. The molecular weight excluding hydrogens is 1040 g/mol. The van der Waals surface area contributed by atoms with Gasteiger partial charge in [-0.15, -0.1) is 0 Å². The molecule has 0 aromatic carbocycles. The second kappa shape index (κ2) is 68.7. The van der Waals surface area contributed by atoms with Crippen molar-refractivity contribution in [3.8, 4) is 0 Å². The molecule has 24 nitrogen and oxygen atoms in total. The fourth-order valence-corrected chi connectivity index (χ4v) is 8.58. The Hall–Kier alpha value is -1.53. The van der Waals surface area contributed by atoms with Gasteiger partial charge in [0, 0.05) is 40.3 Å². The molecule has 25 heteroatoms. The zero-order chi connectivity index (χ0) is 55.4. The van der Waals surface area contributed by atoms with Gasteiger partial charge in [-0.3, -0.25) is 9.05 Å². The first kappa shape index (κ1) is 75.5. The number of phosphoric acid groups is 1. The van der Waals surface area contributed by atoms with E-state index in [9.17, 15) is 9.46 Å². The van der Waals surface area contributed by atoms with Crippen molar-refractivity contribution in [1.29, 1.82) is 0 Å². The minimum atomic E-state index is -4.28. The molecule has 0 heterocycles. The van der Waals surface area contributed by atoms with Crippen LogP contribution in [-0.4, -0.2) is 31.3 Å². The van der Waals surface area contributed by atoms with Gasteiger partial charge in [0.2, 0.25) is 0 Å². The summed E-state index contributed by atoms with van der Waals surface area (Å²) < 4.78 is 21.7. The van der Waals surface area contributed by atoms with E-state index in [1.165, 1.54) is 218 Å². The summed E-state index contributed by atoms with van der Waals surface area (Å²) in [7, 11) is -4.28. The van der Waals surface area contributed by atoms with E-state index >= 15 is 0 Å². The monoisotopic (exact) mass is 1140 g/mol. The fourth-order valence-electron chi connectivity index (χ4n) is 7.79. The molecule has 0 spiro atoms. The topological polar surface area (TPSA) is 240 Å². The molecule has 0 aliphatic rings. The fraction of sp³-hybridized carbons (Fsp3) is 0.923. The maximum Gasteiger partial charge on any atom is 0.472 e. The average molecular weight is 1140 g/mol. The van der Waals surface area contributed by atoms with Crippen LogP contribution in [0.4, 0.5) is 0 Å². The Labute approximate surface area is 460 Å². The predicted molar refractivity (Wildman–Crippen MR) is 277 cm³/mol. The lowest BCUT2D eigenvalue weighted by molar-refractivity contribution is -0.843. The lowest BCUT2D eigenvalue weighted by Gasteiger charge is -2.11. The molecule has 0 atom stereocenters. The highest BCUT2D eigenvalue weighted by atomic mass is 31.2. The normalized spacial score (nSPS) is 12.7. The van der Waals surface area contributed by atoms with Crippen LogP contribution in [0.1, 0.15) is 284 Å². The van der Waals surface area contributed by atoms with Crippen LogP contribution < -0.4 is 0 Å². The summed E-state index contributed by atoms with van der Waals surface area (Å²) >= 11 is 0. The molecule has 460 valence electrons. The van der Waals surface area contributed by atoms with E-state index in [2.05, 4.69) is 114 Å². The number of hydrogen-bond donors (Lipinski definition) is 1. The molecular formula is C52H103O24P. The van der Waals surface area contributed by atoms with Gasteiger partial charge >= 0.3 is 7.82 Å². The minimum absolute atomic E-state index is 0.0116. The van der Waals surface area contributed by atoms with Crippen molar-refractivity contribution < 1.29 is 119 Å². The molecule has 1 N–H and O–H groups in total. The third kappa shape index (κ3) is 70.5. The molecule has 0 fully saturated rings. The van der Waals surface area contributed by atoms with Gasteiger partial charge in [0.05, 0.1) is 26.4 Å². The number of allylic oxidation sites excluding steroid dienone is 2. The first-order chi connectivity index (χ1) is 38.1. The second-order valence-electron chi connectivity index (χ2n) is 18.8. The first-order valence-corrected chi connectivity index (χ1v) is 30.8. The Bertz CT molecular complexity index is 1110. The van der Waals surface area contributed by atoms with Crippen molar-refractivity contribution in [2.45, 2.75) is 284 Å². The van der Waals surface area contributed by atoms with Crippen LogP contribution in [0, 0.1) is 0 Å². The number of rotatable bonds is 70. The zero-order valence-electron chi connectivity index (χ0n) is 47.1. The molecule has 0 aromatic rings. The summed E-state index contributed by atoms with van der Waals surface area (Å²) in [5, 5.41) is 64.5. The van der Waals surface area contributed by atoms with E-state index < -0.39 is 7.82 Å². The third-order valence-electron chi connectivity index (χ3n) is 12.1. The van der Waals surface area contributed by atoms with Gasteiger partial charge in [-0.25, -0.2) is 14.3 Å². The van der Waals surface area contributed by atoms with Gasteiger partial charge in [-0.1, -0.05) is 232 Å². The Balaban J connectivity index is 3.26. The van der Waals surface area contributed by atoms with Crippen molar-refractivity contribution in [2.75, 3.05) is 26.4 Å². The highest BCUT2D eigenvalue weighted by Gasteiger charge is 2.20. The third-order valence-corrected chi connectivity index (χ3v) is 13.1. The van der Waals surface area contributed by atoms with E-state index in [1.807, 2.05) is 0 Å². The van der Waals surface area contributed by atoms with E-state index in [0.717, 1.165) is 38.5 Å². The van der Waals surface area contributed by atoms with Gasteiger partial charge in [-0.05, 0) is 104 Å². The molecule has 0 saturated carbocycles. The van der Waals surface area contributed by atoms with Gasteiger partial charge < -0.3 is 14.7 Å². The highest BCUT2D eigenvalue weighted by molar-refractivity contribution is 7.47. The lowest BCUT2D eigenvalue weighted by atomic mass is 10.0. The summed E-state index contributed by atoms with van der Waals surface area (Å²) in [5.41, 5.74) is 0. The van der Waals surface area contributed by atoms with Gasteiger partial charge in [0.25, 0.3) is 0 Å². The summed E-state index contributed by atoms with van der Waals surface area (Å²) in [4.78, 5) is 28.2. The van der Waals surface area contributed by atoms with Crippen molar-refractivity contribution in [3.63, 3.8) is 0 Å². The van der Waals surface area contributed by atoms with Crippen LogP contribution in [0.25, 0.3) is 0 Å². The largest absolute Gasteiger partial charge is 0.472 e. The van der Waals surface area contributed by atoms with Crippen LogP contribution in [0.2, 0.25) is 0 Å². The molecule has 0 rings (SSSR count). The summed E-state index contributed by atoms with van der Waals surface area (Å²) in [6.07, 6.45) is 57.3. The van der Waals surface area contributed by atoms with E-state index in [0.29, 0.717) is 25.7 Å². The SMILES string of the molecule is CCCCCCCCCCCCCCCCCCCCC=COOOOOOOOOOCCCCOP(=O)(O)OCCCCOOOOOOOOOOC=CCCCCCCCCCCCCCCCCCCCC. The Morgan fingerprint density at radius 3 is 0.766 bits per heavy atom. The van der Waals surface area contributed by atoms with Crippen LogP contribution in [0.5, 0.6) is 0 Å². The Morgan fingerprint density at radius 1 is 0.273 bits per heavy atom. The first-order valence-electron chi connectivity index (χ1n) is 29.3. The minimum Gasteiger partial charge on any atom is -0.314 e. The molecule has 0 aromatic heterocycles. The van der Waals surface area contributed by atoms with Crippen LogP contribution >= 0.6 is 7.82 Å². The molecule has 77 heavy (non-hydrogen) atoms. The van der Waals surface area contributed by atoms with Crippen molar-refractivity contribution >= 4 is 7.82 Å². The van der Waals surface area contributed by atoms with Gasteiger partial charge in [0.15, 0.2) is 0 Å². The molecule has 0 bridgehead atoms. The summed E-state index contributed by atoms with van der Waals surface area (Å²) in [5.74, 6) is 0. The Morgan fingerprint density at radius 2 is 0.494 bits per heavy atom. The zero-order valence-corrected chi connectivity index (χ0v) is 48.0. The van der Waals surface area contributed by atoms with E-state index in [-0.39, 0.29) is 26.4 Å². The predicted octanol–water partition coefficient (Wildman–Crippen LogP) is 17.4. The molecule has 0 amide bonds. The molecule has 0 aliphatic carbocycles. The van der Waals surface area contributed by atoms with Crippen molar-refractivity contribution in [2.24, 2.45) is 0 Å². The van der Waals surface area contributed by atoms with Crippen LogP contribution in [0.15, 0.2) is 24.7 Å². The molecule has 0 unspecified atom stereocenters. The standard InChI is InChI=1S/C52H103O24P/c1-3-5-7-9-11-13-15-17-19-21-23-25-27-29-31-33-35-37-39-41-47-55-61-65-69-73-75-71-67-63-57-49-43-45-51-59-77(53,54)60-52-46-44-50-58-64-68-72-76-74-70-66-62-56-48-42-40-38-36-34-32-30-28-26-24-22-20-18-16-14-12-10-8-6-4-2/h41-42,47-48H,3-40,43-46,49-52H2,1-2H3,(H,53,54). The highest BCUT2D eigenvalue weighted by Crippen LogP contribution is 2.43. The molecule has 0 radical (unpaired) electrons. The quantitative estimate of drug-likeness (QED) is 0.0196. The van der Waals surface area contributed by atoms with E-state index in [1.54, 1.807) is 12.2 Å². The van der Waals surface area contributed by atoms with E-state index in [4.69, 9.17) is 9.05 Å². The van der Waals surface area contributed by atoms with Crippen LogP contribution in [-0.2, 0) is 114 Å².